The maximum atomic E-state index is 12.4. The van der Waals surface area contributed by atoms with Gasteiger partial charge in [0.05, 0.1) is 25.8 Å². The molecule has 0 saturated carbocycles. The van der Waals surface area contributed by atoms with Gasteiger partial charge in [0.2, 0.25) is 0 Å². The number of carbonyl (C=O) groups excluding carboxylic acids is 1. The second-order valence-electron chi connectivity index (χ2n) is 6.71. The SMILES string of the molecule is COc1ccccc1-c1ccc(NC(=O)N2CC(O)C(N(C)C)C2)cc1. The number of likely N-dealkylation sites (tertiary alicyclic amines) is 1. The van der Waals surface area contributed by atoms with E-state index in [0.717, 1.165) is 22.6 Å². The van der Waals surface area contributed by atoms with E-state index in [1.165, 1.54) is 0 Å². The molecule has 6 nitrogen and oxygen atoms in total. The molecule has 1 aliphatic rings. The standard InChI is InChI=1S/C20H25N3O3/c1-22(2)17-12-23(13-18(17)24)20(25)21-15-10-8-14(9-11-15)16-6-4-5-7-19(16)26-3/h4-11,17-18,24H,12-13H2,1-3H3,(H,21,25). The number of aliphatic hydroxyl groups excluding tert-OH is 1. The molecule has 2 atom stereocenters. The molecule has 0 aliphatic carbocycles. The van der Waals surface area contributed by atoms with Crippen LogP contribution in [0, 0.1) is 0 Å². The highest BCUT2D eigenvalue weighted by Crippen LogP contribution is 2.30. The zero-order valence-electron chi connectivity index (χ0n) is 15.3. The quantitative estimate of drug-likeness (QED) is 0.884. The third kappa shape index (κ3) is 3.81. The van der Waals surface area contributed by atoms with Crippen LogP contribution in [0.2, 0.25) is 0 Å². The molecule has 0 spiro atoms. The molecule has 3 rings (SSSR count). The van der Waals surface area contributed by atoms with Crippen molar-refractivity contribution in [3.63, 3.8) is 0 Å². The number of hydrogen-bond acceptors (Lipinski definition) is 4. The van der Waals surface area contributed by atoms with E-state index >= 15 is 0 Å². The van der Waals surface area contributed by atoms with Crippen LogP contribution in [0.15, 0.2) is 48.5 Å². The highest BCUT2D eigenvalue weighted by atomic mass is 16.5. The molecule has 138 valence electrons. The average Bonchev–Trinajstić information content (AvgIpc) is 3.04. The van der Waals surface area contributed by atoms with Crippen molar-refractivity contribution in [3.8, 4) is 16.9 Å². The van der Waals surface area contributed by atoms with Crippen LogP contribution < -0.4 is 10.1 Å². The first kappa shape index (κ1) is 18.2. The van der Waals surface area contributed by atoms with E-state index in [1.54, 1.807) is 12.0 Å². The molecule has 2 amide bonds. The molecule has 1 aliphatic heterocycles. The van der Waals surface area contributed by atoms with Crippen LogP contribution in [-0.4, -0.2) is 67.4 Å². The van der Waals surface area contributed by atoms with E-state index in [1.807, 2.05) is 67.5 Å². The van der Waals surface area contributed by atoms with Gasteiger partial charge in [0.1, 0.15) is 5.75 Å². The molecule has 2 unspecified atom stereocenters. The fourth-order valence-corrected chi connectivity index (χ4v) is 3.26. The summed E-state index contributed by atoms with van der Waals surface area (Å²) in [5, 5.41) is 13.0. The molecule has 2 N–H and O–H groups in total. The lowest BCUT2D eigenvalue weighted by atomic mass is 10.0. The Morgan fingerprint density at radius 1 is 1.15 bits per heavy atom. The van der Waals surface area contributed by atoms with Gasteiger partial charge >= 0.3 is 6.03 Å². The van der Waals surface area contributed by atoms with Crippen molar-refractivity contribution in [3.05, 3.63) is 48.5 Å². The minimum atomic E-state index is -0.524. The lowest BCUT2D eigenvalue weighted by molar-refractivity contribution is 0.113. The molecular formula is C20H25N3O3. The molecule has 2 aromatic carbocycles. The molecule has 1 fully saturated rings. The van der Waals surface area contributed by atoms with Crippen molar-refractivity contribution >= 4 is 11.7 Å². The van der Waals surface area contributed by atoms with E-state index < -0.39 is 6.10 Å². The minimum Gasteiger partial charge on any atom is -0.496 e. The summed E-state index contributed by atoms with van der Waals surface area (Å²) in [4.78, 5) is 16.0. The number of nitrogens with one attached hydrogen (secondary N) is 1. The number of aliphatic hydroxyl groups is 1. The summed E-state index contributed by atoms with van der Waals surface area (Å²) >= 11 is 0. The number of β-amino-alcohol motifs (C(OH)–C–C–N with tert-alkyl or cyclic N) is 1. The van der Waals surface area contributed by atoms with Crippen molar-refractivity contribution < 1.29 is 14.6 Å². The van der Waals surface area contributed by atoms with Gasteiger partial charge < -0.3 is 25.0 Å². The molecule has 1 saturated heterocycles. The Morgan fingerprint density at radius 3 is 2.46 bits per heavy atom. The number of nitrogens with zero attached hydrogens (tertiary/aromatic N) is 2. The first-order valence-electron chi connectivity index (χ1n) is 8.63. The fourth-order valence-electron chi connectivity index (χ4n) is 3.26. The Labute approximate surface area is 154 Å². The number of ether oxygens (including phenoxy) is 1. The molecule has 6 heteroatoms. The Morgan fingerprint density at radius 2 is 1.85 bits per heavy atom. The summed E-state index contributed by atoms with van der Waals surface area (Å²) in [5.74, 6) is 0.810. The van der Waals surface area contributed by atoms with E-state index in [-0.39, 0.29) is 12.1 Å². The van der Waals surface area contributed by atoms with Gasteiger partial charge in [-0.2, -0.15) is 0 Å². The van der Waals surface area contributed by atoms with Gasteiger partial charge in [-0.15, -0.1) is 0 Å². The highest BCUT2D eigenvalue weighted by Gasteiger charge is 2.35. The van der Waals surface area contributed by atoms with Crippen LogP contribution >= 0.6 is 0 Å². The molecule has 26 heavy (non-hydrogen) atoms. The number of para-hydroxylation sites is 1. The summed E-state index contributed by atoms with van der Waals surface area (Å²) in [6, 6.07) is 15.2. The normalized spacial score (nSPS) is 19.7. The molecule has 0 aromatic heterocycles. The number of amides is 2. The number of methoxy groups -OCH3 is 1. The number of anilines is 1. The van der Waals surface area contributed by atoms with Crippen LogP contribution in [0.25, 0.3) is 11.1 Å². The van der Waals surface area contributed by atoms with Crippen molar-refractivity contribution in [2.45, 2.75) is 12.1 Å². The first-order chi connectivity index (χ1) is 12.5. The Bertz CT molecular complexity index is 761. The van der Waals surface area contributed by atoms with E-state index in [2.05, 4.69) is 5.32 Å². The molecule has 0 bridgehead atoms. The fraction of sp³-hybridized carbons (Fsp3) is 0.350. The monoisotopic (exact) mass is 355 g/mol. The molecular weight excluding hydrogens is 330 g/mol. The zero-order valence-corrected chi connectivity index (χ0v) is 15.3. The topological polar surface area (TPSA) is 65.0 Å². The average molecular weight is 355 g/mol. The maximum Gasteiger partial charge on any atom is 0.321 e. The minimum absolute atomic E-state index is 0.0336. The number of carbonyl (C=O) groups is 1. The predicted octanol–water partition coefficient (Wildman–Crippen LogP) is 2.50. The van der Waals surface area contributed by atoms with Crippen molar-refractivity contribution in [2.24, 2.45) is 0 Å². The molecule has 1 heterocycles. The van der Waals surface area contributed by atoms with Crippen molar-refractivity contribution in [1.29, 1.82) is 0 Å². The molecule has 2 aromatic rings. The van der Waals surface area contributed by atoms with E-state index in [0.29, 0.717) is 13.1 Å². The van der Waals surface area contributed by atoms with Crippen molar-refractivity contribution in [2.75, 3.05) is 39.6 Å². The van der Waals surface area contributed by atoms with Crippen LogP contribution in [0.4, 0.5) is 10.5 Å². The van der Waals surface area contributed by atoms with E-state index in [4.69, 9.17) is 4.74 Å². The maximum absolute atomic E-state index is 12.4. The smallest absolute Gasteiger partial charge is 0.321 e. The Hall–Kier alpha value is -2.57. The molecule has 0 radical (unpaired) electrons. The summed E-state index contributed by atoms with van der Waals surface area (Å²) in [6.07, 6.45) is -0.524. The summed E-state index contributed by atoms with van der Waals surface area (Å²) in [6.45, 7) is 0.854. The largest absolute Gasteiger partial charge is 0.496 e. The third-order valence-corrected chi connectivity index (χ3v) is 4.76. The van der Waals surface area contributed by atoms with Crippen molar-refractivity contribution in [1.82, 2.24) is 9.80 Å². The van der Waals surface area contributed by atoms with Gasteiger partial charge in [-0.1, -0.05) is 30.3 Å². The third-order valence-electron chi connectivity index (χ3n) is 4.76. The highest BCUT2D eigenvalue weighted by molar-refractivity contribution is 5.90. The van der Waals surface area contributed by atoms with Gasteiger partial charge in [0.25, 0.3) is 0 Å². The van der Waals surface area contributed by atoms with Gasteiger partial charge in [0.15, 0.2) is 0 Å². The number of hydrogen-bond donors (Lipinski definition) is 2. The number of urea groups is 1. The lowest BCUT2D eigenvalue weighted by Crippen LogP contribution is -2.38. The summed E-state index contributed by atoms with van der Waals surface area (Å²) in [7, 11) is 5.47. The van der Waals surface area contributed by atoms with Gasteiger partial charge in [-0.05, 0) is 37.9 Å². The lowest BCUT2D eigenvalue weighted by Gasteiger charge is -2.21. The van der Waals surface area contributed by atoms with Crippen LogP contribution in [0.3, 0.4) is 0 Å². The van der Waals surface area contributed by atoms with Gasteiger partial charge in [-0.3, -0.25) is 0 Å². The van der Waals surface area contributed by atoms with Crippen LogP contribution in [0.5, 0.6) is 5.75 Å². The van der Waals surface area contributed by atoms with Crippen LogP contribution in [0.1, 0.15) is 0 Å². The number of likely N-dealkylation sites (N-methyl/N-ethyl adjacent to an activating group) is 1. The number of rotatable bonds is 4. The predicted molar refractivity (Wildman–Crippen MR) is 103 cm³/mol. The first-order valence-corrected chi connectivity index (χ1v) is 8.63. The second-order valence-corrected chi connectivity index (χ2v) is 6.71. The van der Waals surface area contributed by atoms with E-state index in [9.17, 15) is 9.90 Å². The Balaban J connectivity index is 1.67. The van der Waals surface area contributed by atoms with Crippen LogP contribution in [-0.2, 0) is 0 Å². The zero-order chi connectivity index (χ0) is 18.7. The van der Waals surface area contributed by atoms with Gasteiger partial charge in [0, 0.05) is 17.8 Å². The Kier molecular flexibility index (Phi) is 5.44. The van der Waals surface area contributed by atoms with Gasteiger partial charge in [-0.25, -0.2) is 4.79 Å². The summed E-state index contributed by atoms with van der Waals surface area (Å²) < 4.78 is 5.40. The summed E-state index contributed by atoms with van der Waals surface area (Å²) in [5.41, 5.74) is 2.74. The number of benzene rings is 2. The second kappa shape index (κ2) is 7.76.